The molecule has 0 fully saturated rings. The zero-order valence-electron chi connectivity index (χ0n) is 13.8. The van der Waals surface area contributed by atoms with Gasteiger partial charge in [-0.1, -0.05) is 35.9 Å². The second kappa shape index (κ2) is 8.29. The molecule has 124 valence electrons. The molecule has 2 aromatic rings. The van der Waals surface area contributed by atoms with Crippen LogP contribution in [0.25, 0.3) is 0 Å². The van der Waals surface area contributed by atoms with Crippen molar-refractivity contribution in [3.05, 3.63) is 64.5 Å². The SMILES string of the molecule is C=CCN(CCO)Cc1c(C)nn(Cc2ccccc2Cl)c1C. The Bertz CT molecular complexity index is 666. The Morgan fingerprint density at radius 2 is 2.09 bits per heavy atom. The highest BCUT2D eigenvalue weighted by atomic mass is 35.5. The van der Waals surface area contributed by atoms with E-state index in [1.807, 2.05) is 41.9 Å². The number of aliphatic hydroxyl groups excluding tert-OH is 1. The summed E-state index contributed by atoms with van der Waals surface area (Å²) in [6.45, 7) is 10.8. The van der Waals surface area contributed by atoms with E-state index in [2.05, 4.69) is 23.5 Å². The zero-order chi connectivity index (χ0) is 16.8. The van der Waals surface area contributed by atoms with Gasteiger partial charge in [-0.2, -0.15) is 5.10 Å². The van der Waals surface area contributed by atoms with Crippen molar-refractivity contribution in [1.29, 1.82) is 0 Å². The van der Waals surface area contributed by atoms with E-state index in [0.29, 0.717) is 13.1 Å². The molecule has 1 heterocycles. The van der Waals surface area contributed by atoms with Crippen molar-refractivity contribution in [2.45, 2.75) is 26.9 Å². The van der Waals surface area contributed by atoms with Crippen LogP contribution in [0, 0.1) is 13.8 Å². The Hall–Kier alpha value is -1.62. The van der Waals surface area contributed by atoms with Gasteiger partial charge in [0.25, 0.3) is 0 Å². The predicted octanol–water partition coefficient (Wildman–Crippen LogP) is 3.18. The largest absolute Gasteiger partial charge is 0.395 e. The lowest BCUT2D eigenvalue weighted by atomic mass is 10.1. The predicted molar refractivity (Wildman–Crippen MR) is 94.8 cm³/mol. The quantitative estimate of drug-likeness (QED) is 0.754. The first kappa shape index (κ1) is 17.7. The normalized spacial score (nSPS) is 11.2. The molecule has 5 heteroatoms. The number of nitrogens with zero attached hydrogens (tertiary/aromatic N) is 3. The second-order valence-electron chi connectivity index (χ2n) is 5.65. The van der Waals surface area contributed by atoms with Gasteiger partial charge in [-0.05, 0) is 25.5 Å². The lowest BCUT2D eigenvalue weighted by molar-refractivity contribution is 0.203. The molecular formula is C18H24ClN3O. The number of benzene rings is 1. The molecule has 0 aliphatic heterocycles. The minimum Gasteiger partial charge on any atom is -0.395 e. The van der Waals surface area contributed by atoms with Gasteiger partial charge in [0, 0.05) is 35.9 Å². The monoisotopic (exact) mass is 333 g/mol. The molecule has 0 spiro atoms. The van der Waals surface area contributed by atoms with Crippen LogP contribution < -0.4 is 0 Å². The van der Waals surface area contributed by atoms with Crippen molar-refractivity contribution in [2.24, 2.45) is 0 Å². The average molecular weight is 334 g/mol. The molecular weight excluding hydrogens is 310 g/mol. The molecule has 1 aromatic heterocycles. The van der Waals surface area contributed by atoms with E-state index in [1.165, 1.54) is 5.56 Å². The molecule has 23 heavy (non-hydrogen) atoms. The summed E-state index contributed by atoms with van der Waals surface area (Å²) in [6, 6.07) is 7.84. The number of aromatic nitrogens is 2. The number of hydrogen-bond donors (Lipinski definition) is 1. The summed E-state index contributed by atoms with van der Waals surface area (Å²) < 4.78 is 2.00. The van der Waals surface area contributed by atoms with Gasteiger partial charge in [0.05, 0.1) is 18.8 Å². The standard InChI is InChI=1S/C18H24ClN3O/c1-4-9-21(10-11-23)13-17-14(2)20-22(15(17)3)12-16-7-5-6-8-18(16)19/h4-8,23H,1,9-13H2,2-3H3. The van der Waals surface area contributed by atoms with Crippen molar-refractivity contribution in [1.82, 2.24) is 14.7 Å². The molecule has 0 unspecified atom stereocenters. The summed E-state index contributed by atoms with van der Waals surface area (Å²) in [5, 5.41) is 14.6. The first-order valence-corrected chi connectivity index (χ1v) is 8.15. The lowest BCUT2D eigenvalue weighted by Gasteiger charge is -2.19. The van der Waals surface area contributed by atoms with Crippen LogP contribution in [0.15, 0.2) is 36.9 Å². The molecule has 2 rings (SSSR count). The first-order chi connectivity index (χ1) is 11.1. The van der Waals surface area contributed by atoms with Gasteiger partial charge >= 0.3 is 0 Å². The van der Waals surface area contributed by atoms with Crippen molar-refractivity contribution in [2.75, 3.05) is 19.7 Å². The Morgan fingerprint density at radius 1 is 1.35 bits per heavy atom. The van der Waals surface area contributed by atoms with E-state index < -0.39 is 0 Å². The van der Waals surface area contributed by atoms with E-state index in [0.717, 1.165) is 35.1 Å². The third-order valence-electron chi connectivity index (χ3n) is 3.99. The third-order valence-corrected chi connectivity index (χ3v) is 4.36. The molecule has 0 aliphatic carbocycles. The molecule has 0 saturated carbocycles. The molecule has 0 radical (unpaired) electrons. The number of aliphatic hydroxyl groups is 1. The smallest absolute Gasteiger partial charge is 0.0677 e. The van der Waals surface area contributed by atoms with Gasteiger partial charge in [0.2, 0.25) is 0 Å². The molecule has 0 bridgehead atoms. The molecule has 1 aromatic carbocycles. The van der Waals surface area contributed by atoms with Gasteiger partial charge in [-0.15, -0.1) is 6.58 Å². The Morgan fingerprint density at radius 3 is 2.74 bits per heavy atom. The van der Waals surface area contributed by atoms with Crippen LogP contribution >= 0.6 is 11.6 Å². The average Bonchev–Trinajstić information content (AvgIpc) is 2.78. The maximum atomic E-state index is 9.20. The summed E-state index contributed by atoms with van der Waals surface area (Å²) >= 11 is 6.25. The zero-order valence-corrected chi connectivity index (χ0v) is 14.6. The maximum absolute atomic E-state index is 9.20. The fourth-order valence-corrected chi connectivity index (χ4v) is 2.88. The van der Waals surface area contributed by atoms with Crippen molar-refractivity contribution < 1.29 is 5.11 Å². The topological polar surface area (TPSA) is 41.3 Å². The Labute approximate surface area is 143 Å². The van der Waals surface area contributed by atoms with Gasteiger partial charge < -0.3 is 5.11 Å². The van der Waals surface area contributed by atoms with E-state index >= 15 is 0 Å². The summed E-state index contributed by atoms with van der Waals surface area (Å²) in [5.41, 5.74) is 4.41. The maximum Gasteiger partial charge on any atom is 0.0677 e. The Balaban J connectivity index is 2.21. The molecule has 0 atom stereocenters. The van der Waals surface area contributed by atoms with Gasteiger partial charge in [-0.3, -0.25) is 9.58 Å². The van der Waals surface area contributed by atoms with Gasteiger partial charge in [0.1, 0.15) is 0 Å². The molecule has 0 amide bonds. The van der Waals surface area contributed by atoms with E-state index in [-0.39, 0.29) is 6.61 Å². The first-order valence-electron chi connectivity index (χ1n) is 7.77. The fourth-order valence-electron chi connectivity index (χ4n) is 2.69. The molecule has 0 aliphatic rings. The lowest BCUT2D eigenvalue weighted by Crippen LogP contribution is -2.27. The number of halogens is 1. The van der Waals surface area contributed by atoms with Crippen molar-refractivity contribution in [3.63, 3.8) is 0 Å². The third kappa shape index (κ3) is 4.44. The number of hydrogen-bond acceptors (Lipinski definition) is 3. The van der Waals surface area contributed by atoms with Gasteiger partial charge in [-0.25, -0.2) is 0 Å². The van der Waals surface area contributed by atoms with Crippen LogP contribution in [-0.2, 0) is 13.1 Å². The fraction of sp³-hybridized carbons (Fsp3) is 0.389. The van der Waals surface area contributed by atoms with Crippen LogP contribution in [0.3, 0.4) is 0 Å². The highest BCUT2D eigenvalue weighted by molar-refractivity contribution is 6.31. The van der Waals surface area contributed by atoms with Crippen LogP contribution in [0.1, 0.15) is 22.5 Å². The minimum absolute atomic E-state index is 0.139. The minimum atomic E-state index is 0.139. The van der Waals surface area contributed by atoms with E-state index in [4.69, 9.17) is 11.6 Å². The molecule has 4 nitrogen and oxygen atoms in total. The summed E-state index contributed by atoms with van der Waals surface area (Å²) in [7, 11) is 0. The summed E-state index contributed by atoms with van der Waals surface area (Å²) in [4.78, 5) is 2.16. The van der Waals surface area contributed by atoms with Crippen LogP contribution in [-0.4, -0.2) is 39.5 Å². The molecule has 0 saturated heterocycles. The highest BCUT2D eigenvalue weighted by Crippen LogP contribution is 2.20. The number of rotatable bonds is 8. The van der Waals surface area contributed by atoms with E-state index in [9.17, 15) is 5.11 Å². The summed E-state index contributed by atoms with van der Waals surface area (Å²) in [5.74, 6) is 0. The molecule has 1 N–H and O–H groups in total. The van der Waals surface area contributed by atoms with Crippen molar-refractivity contribution in [3.8, 4) is 0 Å². The second-order valence-corrected chi connectivity index (χ2v) is 6.05. The summed E-state index contributed by atoms with van der Waals surface area (Å²) in [6.07, 6.45) is 1.86. The number of aryl methyl sites for hydroxylation is 1. The van der Waals surface area contributed by atoms with Gasteiger partial charge in [0.15, 0.2) is 0 Å². The Kier molecular flexibility index (Phi) is 6.39. The van der Waals surface area contributed by atoms with E-state index in [1.54, 1.807) is 0 Å². The van der Waals surface area contributed by atoms with Crippen LogP contribution in [0.4, 0.5) is 0 Å². The van der Waals surface area contributed by atoms with Crippen molar-refractivity contribution >= 4 is 11.6 Å². The van der Waals surface area contributed by atoms with Crippen LogP contribution in [0.5, 0.6) is 0 Å². The van der Waals surface area contributed by atoms with Crippen LogP contribution in [0.2, 0.25) is 5.02 Å². The highest BCUT2D eigenvalue weighted by Gasteiger charge is 2.15.